The van der Waals surface area contributed by atoms with Crippen LogP contribution < -0.4 is 0 Å². The normalized spacial score (nSPS) is 17.1. The molecule has 1 saturated heterocycles. The fourth-order valence-corrected chi connectivity index (χ4v) is 2.13. The summed E-state index contributed by atoms with van der Waals surface area (Å²) in [6, 6.07) is 0. The number of nitrogens with zero attached hydrogens (tertiary/aromatic N) is 1. The molecular formula is C13H23NO6. The van der Waals surface area contributed by atoms with E-state index in [2.05, 4.69) is 4.90 Å². The largest absolute Gasteiger partial charge is 0.480 e. The third-order valence-corrected chi connectivity index (χ3v) is 3.27. The summed E-state index contributed by atoms with van der Waals surface area (Å²) >= 11 is 0. The Hall–Kier alpha value is -1.18. The van der Waals surface area contributed by atoms with Crippen molar-refractivity contribution < 1.29 is 28.9 Å². The van der Waals surface area contributed by atoms with Crippen molar-refractivity contribution in [1.29, 1.82) is 0 Å². The zero-order valence-corrected chi connectivity index (χ0v) is 11.9. The van der Waals surface area contributed by atoms with Crippen LogP contribution in [0.2, 0.25) is 0 Å². The summed E-state index contributed by atoms with van der Waals surface area (Å²) < 4.78 is 15.0. The van der Waals surface area contributed by atoms with E-state index in [4.69, 9.17) is 19.3 Å². The zero-order valence-electron chi connectivity index (χ0n) is 11.9. The van der Waals surface area contributed by atoms with Gasteiger partial charge in [0.1, 0.15) is 6.61 Å². The van der Waals surface area contributed by atoms with Gasteiger partial charge in [0.15, 0.2) is 0 Å². The van der Waals surface area contributed by atoms with Crippen molar-refractivity contribution in [2.75, 3.05) is 53.2 Å². The average Bonchev–Trinajstić information content (AvgIpc) is 2.45. The van der Waals surface area contributed by atoms with Crippen LogP contribution in [-0.4, -0.2) is 75.1 Å². The van der Waals surface area contributed by atoms with Gasteiger partial charge in [0.25, 0.3) is 0 Å². The SMILES string of the molecule is COC(=O)C1CCN(CCOCCOCC(=O)O)CC1. The first kappa shape index (κ1) is 16.9. The second kappa shape index (κ2) is 9.68. The van der Waals surface area contributed by atoms with Gasteiger partial charge in [0, 0.05) is 6.54 Å². The highest BCUT2D eigenvalue weighted by molar-refractivity contribution is 5.72. The van der Waals surface area contributed by atoms with Gasteiger partial charge in [-0.15, -0.1) is 0 Å². The maximum absolute atomic E-state index is 11.4. The first-order chi connectivity index (χ1) is 9.63. The topological polar surface area (TPSA) is 85.3 Å². The number of esters is 1. The summed E-state index contributed by atoms with van der Waals surface area (Å²) in [6.45, 7) is 3.54. The van der Waals surface area contributed by atoms with Gasteiger partial charge in [-0.1, -0.05) is 0 Å². The summed E-state index contributed by atoms with van der Waals surface area (Å²) in [7, 11) is 1.43. The van der Waals surface area contributed by atoms with Crippen molar-refractivity contribution in [2.45, 2.75) is 12.8 Å². The Labute approximate surface area is 118 Å². The van der Waals surface area contributed by atoms with Crippen LogP contribution in [0.1, 0.15) is 12.8 Å². The molecule has 116 valence electrons. The number of methoxy groups -OCH3 is 1. The van der Waals surface area contributed by atoms with E-state index in [1.807, 2.05) is 0 Å². The second-order valence-electron chi connectivity index (χ2n) is 4.70. The van der Waals surface area contributed by atoms with Gasteiger partial charge in [0.05, 0.1) is 32.8 Å². The summed E-state index contributed by atoms with van der Waals surface area (Å²) in [4.78, 5) is 23.8. The molecule has 0 aromatic heterocycles. The average molecular weight is 289 g/mol. The van der Waals surface area contributed by atoms with Gasteiger partial charge >= 0.3 is 11.9 Å². The molecule has 0 amide bonds. The van der Waals surface area contributed by atoms with Crippen molar-refractivity contribution in [2.24, 2.45) is 5.92 Å². The molecule has 20 heavy (non-hydrogen) atoms. The van der Waals surface area contributed by atoms with Gasteiger partial charge in [-0.2, -0.15) is 0 Å². The highest BCUT2D eigenvalue weighted by Gasteiger charge is 2.25. The van der Waals surface area contributed by atoms with E-state index in [-0.39, 0.29) is 25.1 Å². The first-order valence-corrected chi connectivity index (χ1v) is 6.81. The predicted octanol–water partition coefficient (Wildman–Crippen LogP) is -0.0108. The molecule has 1 N–H and O–H groups in total. The van der Waals surface area contributed by atoms with Crippen molar-refractivity contribution in [3.8, 4) is 0 Å². The van der Waals surface area contributed by atoms with Crippen molar-refractivity contribution in [3.05, 3.63) is 0 Å². The fourth-order valence-electron chi connectivity index (χ4n) is 2.13. The lowest BCUT2D eigenvalue weighted by Crippen LogP contribution is -2.38. The summed E-state index contributed by atoms with van der Waals surface area (Å²) in [5.74, 6) is -1.06. The number of aliphatic carboxylic acids is 1. The molecule has 0 aromatic rings. The smallest absolute Gasteiger partial charge is 0.329 e. The minimum atomic E-state index is -0.974. The van der Waals surface area contributed by atoms with Gasteiger partial charge < -0.3 is 24.2 Å². The molecule has 0 bridgehead atoms. The van der Waals surface area contributed by atoms with Crippen LogP contribution in [0.3, 0.4) is 0 Å². The zero-order chi connectivity index (χ0) is 14.8. The van der Waals surface area contributed by atoms with Crippen LogP contribution in [0.25, 0.3) is 0 Å². The second-order valence-corrected chi connectivity index (χ2v) is 4.70. The van der Waals surface area contributed by atoms with E-state index in [1.54, 1.807) is 0 Å². The number of likely N-dealkylation sites (tertiary alicyclic amines) is 1. The summed E-state index contributed by atoms with van der Waals surface area (Å²) in [5, 5.41) is 8.36. The maximum atomic E-state index is 11.4. The van der Waals surface area contributed by atoms with Crippen LogP contribution >= 0.6 is 0 Å². The van der Waals surface area contributed by atoms with Crippen molar-refractivity contribution >= 4 is 11.9 Å². The van der Waals surface area contributed by atoms with Gasteiger partial charge in [-0.05, 0) is 25.9 Å². The van der Waals surface area contributed by atoms with Crippen LogP contribution in [0.15, 0.2) is 0 Å². The van der Waals surface area contributed by atoms with Crippen LogP contribution in [0.4, 0.5) is 0 Å². The van der Waals surface area contributed by atoms with Gasteiger partial charge in [-0.25, -0.2) is 4.79 Å². The lowest BCUT2D eigenvalue weighted by Gasteiger charge is -2.30. The number of carboxylic acids is 1. The molecule has 7 heteroatoms. The number of rotatable bonds is 9. The van der Waals surface area contributed by atoms with E-state index in [0.29, 0.717) is 13.2 Å². The lowest BCUT2D eigenvalue weighted by atomic mass is 9.97. The molecule has 1 fully saturated rings. The molecule has 0 unspecified atom stereocenters. The minimum Gasteiger partial charge on any atom is -0.480 e. The number of carbonyl (C=O) groups excluding carboxylic acids is 1. The Morgan fingerprint density at radius 1 is 1.15 bits per heavy atom. The van der Waals surface area contributed by atoms with Gasteiger partial charge in [0.2, 0.25) is 0 Å². The van der Waals surface area contributed by atoms with Crippen LogP contribution in [0.5, 0.6) is 0 Å². The Balaban J connectivity index is 1.96. The van der Waals surface area contributed by atoms with Crippen LogP contribution in [0, 0.1) is 5.92 Å². The Morgan fingerprint density at radius 3 is 2.40 bits per heavy atom. The molecule has 0 radical (unpaired) electrons. The molecule has 1 aliphatic heterocycles. The Kier molecular flexibility index (Phi) is 8.17. The third kappa shape index (κ3) is 6.83. The van der Waals surface area contributed by atoms with Crippen molar-refractivity contribution in [3.63, 3.8) is 0 Å². The quantitative estimate of drug-likeness (QED) is 0.472. The highest BCUT2D eigenvalue weighted by Crippen LogP contribution is 2.17. The van der Waals surface area contributed by atoms with E-state index < -0.39 is 5.97 Å². The third-order valence-electron chi connectivity index (χ3n) is 3.27. The number of hydrogen-bond acceptors (Lipinski definition) is 6. The fraction of sp³-hybridized carbons (Fsp3) is 0.846. The highest BCUT2D eigenvalue weighted by atomic mass is 16.5. The van der Waals surface area contributed by atoms with E-state index in [1.165, 1.54) is 7.11 Å². The molecule has 1 rings (SSSR count). The van der Waals surface area contributed by atoms with E-state index in [0.717, 1.165) is 32.5 Å². The number of carboxylic acid groups (broad SMARTS) is 1. The molecule has 0 aromatic carbocycles. The van der Waals surface area contributed by atoms with Crippen molar-refractivity contribution in [1.82, 2.24) is 4.90 Å². The van der Waals surface area contributed by atoms with Crippen LogP contribution in [-0.2, 0) is 23.8 Å². The molecule has 1 aliphatic rings. The summed E-state index contributed by atoms with van der Waals surface area (Å²) in [5.41, 5.74) is 0. The first-order valence-electron chi connectivity index (χ1n) is 6.81. The standard InChI is InChI=1S/C13H23NO6/c1-18-13(17)11-2-4-14(5-3-11)6-7-19-8-9-20-10-12(15)16/h11H,2-10H2,1H3,(H,15,16). The predicted molar refractivity (Wildman–Crippen MR) is 70.5 cm³/mol. The van der Waals surface area contributed by atoms with Gasteiger partial charge in [-0.3, -0.25) is 4.79 Å². The number of hydrogen-bond donors (Lipinski definition) is 1. The van der Waals surface area contributed by atoms with E-state index >= 15 is 0 Å². The summed E-state index contributed by atoms with van der Waals surface area (Å²) in [6.07, 6.45) is 1.66. The number of carbonyl (C=O) groups is 2. The Bertz CT molecular complexity index is 301. The molecule has 7 nitrogen and oxygen atoms in total. The maximum Gasteiger partial charge on any atom is 0.329 e. The lowest BCUT2D eigenvalue weighted by molar-refractivity contribution is -0.147. The minimum absolute atomic E-state index is 0.0292. The molecule has 1 heterocycles. The number of ether oxygens (including phenoxy) is 3. The molecule has 0 spiro atoms. The monoisotopic (exact) mass is 289 g/mol. The number of piperidine rings is 1. The molecular weight excluding hydrogens is 266 g/mol. The van der Waals surface area contributed by atoms with E-state index in [9.17, 15) is 9.59 Å². The molecule has 0 aliphatic carbocycles. The molecule has 0 atom stereocenters. The molecule has 0 saturated carbocycles. The Morgan fingerprint density at radius 2 is 1.80 bits per heavy atom.